The summed E-state index contributed by atoms with van der Waals surface area (Å²) in [6.07, 6.45) is 0.850. The molecule has 0 fully saturated rings. The van der Waals surface area contributed by atoms with Crippen LogP contribution < -0.4 is 0 Å². The number of hydrogen-bond acceptors (Lipinski definition) is 3. The lowest BCUT2D eigenvalue weighted by Crippen LogP contribution is -2.13. The van der Waals surface area contributed by atoms with Gasteiger partial charge in [-0.3, -0.25) is 4.79 Å². The third-order valence-corrected chi connectivity index (χ3v) is 2.30. The lowest BCUT2D eigenvalue weighted by molar-refractivity contribution is -0.138. The molecule has 0 aliphatic carbocycles. The van der Waals surface area contributed by atoms with Crippen LogP contribution in [-0.2, 0) is 11.2 Å². The van der Waals surface area contributed by atoms with Crippen molar-refractivity contribution >= 4 is 5.97 Å². The van der Waals surface area contributed by atoms with Crippen molar-refractivity contribution in [3.63, 3.8) is 0 Å². The van der Waals surface area contributed by atoms with E-state index in [1.165, 1.54) is 0 Å². The first-order valence-electron chi connectivity index (χ1n) is 5.47. The van der Waals surface area contributed by atoms with Gasteiger partial charge >= 0.3 is 5.97 Å². The van der Waals surface area contributed by atoms with Crippen LogP contribution in [0.4, 0.5) is 0 Å². The van der Waals surface area contributed by atoms with E-state index in [2.05, 4.69) is 23.8 Å². The van der Waals surface area contributed by atoms with Crippen LogP contribution in [0, 0.1) is 12.8 Å². The number of carboxylic acids is 1. The van der Waals surface area contributed by atoms with Gasteiger partial charge in [0.15, 0.2) is 0 Å². The number of rotatable bonds is 4. The number of hydrogen-bond donors (Lipinski definition) is 1. The summed E-state index contributed by atoms with van der Waals surface area (Å²) in [7, 11) is 0. The molecule has 0 aliphatic heterocycles. The molecule has 4 heteroatoms. The largest absolute Gasteiger partial charge is 0.481 e. The van der Waals surface area contributed by atoms with Gasteiger partial charge in [-0.2, -0.15) is 0 Å². The Labute approximate surface area is 95.7 Å². The molecule has 0 bridgehead atoms. The molecule has 0 aromatic carbocycles. The number of carbonyl (C=O) groups is 1. The molecule has 1 heterocycles. The van der Waals surface area contributed by atoms with Crippen LogP contribution in [0.1, 0.15) is 43.9 Å². The second-order valence-corrected chi connectivity index (χ2v) is 4.52. The monoisotopic (exact) mass is 222 g/mol. The third kappa shape index (κ3) is 3.29. The van der Waals surface area contributed by atoms with Crippen molar-refractivity contribution in [1.82, 2.24) is 9.97 Å². The molecular weight excluding hydrogens is 204 g/mol. The highest BCUT2D eigenvalue weighted by Crippen LogP contribution is 2.14. The molecular formula is C12H18N2O2. The molecule has 0 aliphatic rings. The van der Waals surface area contributed by atoms with Crippen molar-refractivity contribution in [3.8, 4) is 0 Å². The average molecular weight is 222 g/mol. The number of aliphatic carboxylic acids is 1. The SMILES string of the molecule is Cc1cc(CC(C)C)nc(C(C)C(=O)O)n1. The topological polar surface area (TPSA) is 63.1 Å². The van der Waals surface area contributed by atoms with Crippen molar-refractivity contribution in [3.05, 3.63) is 23.3 Å². The van der Waals surface area contributed by atoms with Gasteiger partial charge in [-0.05, 0) is 32.3 Å². The summed E-state index contributed by atoms with van der Waals surface area (Å²) < 4.78 is 0. The van der Waals surface area contributed by atoms with E-state index in [9.17, 15) is 4.79 Å². The Morgan fingerprint density at radius 2 is 2.00 bits per heavy atom. The normalized spacial score (nSPS) is 12.8. The zero-order valence-corrected chi connectivity index (χ0v) is 10.2. The molecule has 1 atom stereocenters. The van der Waals surface area contributed by atoms with Gasteiger partial charge in [-0.15, -0.1) is 0 Å². The first-order chi connectivity index (χ1) is 7.40. The van der Waals surface area contributed by atoms with E-state index in [0.29, 0.717) is 11.7 Å². The van der Waals surface area contributed by atoms with E-state index in [4.69, 9.17) is 5.11 Å². The fourth-order valence-electron chi connectivity index (χ4n) is 1.49. The molecule has 4 nitrogen and oxygen atoms in total. The number of carboxylic acid groups (broad SMARTS) is 1. The second-order valence-electron chi connectivity index (χ2n) is 4.52. The van der Waals surface area contributed by atoms with Gasteiger partial charge in [0.2, 0.25) is 0 Å². The molecule has 0 radical (unpaired) electrons. The smallest absolute Gasteiger partial charge is 0.313 e. The van der Waals surface area contributed by atoms with Gasteiger partial charge in [0.05, 0.1) is 0 Å². The lowest BCUT2D eigenvalue weighted by atomic mass is 10.1. The molecule has 0 saturated carbocycles. The van der Waals surface area contributed by atoms with Gasteiger partial charge in [0.1, 0.15) is 11.7 Å². The zero-order valence-electron chi connectivity index (χ0n) is 10.2. The third-order valence-electron chi connectivity index (χ3n) is 2.30. The van der Waals surface area contributed by atoms with Crippen molar-refractivity contribution in [1.29, 1.82) is 0 Å². The van der Waals surface area contributed by atoms with Crippen LogP contribution >= 0.6 is 0 Å². The molecule has 16 heavy (non-hydrogen) atoms. The Morgan fingerprint density at radius 1 is 1.38 bits per heavy atom. The fourth-order valence-corrected chi connectivity index (χ4v) is 1.49. The molecule has 0 saturated heterocycles. The molecule has 1 aromatic heterocycles. The molecule has 0 spiro atoms. The summed E-state index contributed by atoms with van der Waals surface area (Å²) in [5.74, 6) is -0.627. The van der Waals surface area contributed by atoms with Crippen molar-refractivity contribution in [2.45, 2.75) is 40.0 Å². The highest BCUT2D eigenvalue weighted by molar-refractivity contribution is 5.74. The molecule has 1 unspecified atom stereocenters. The van der Waals surface area contributed by atoms with Crippen LogP contribution in [-0.4, -0.2) is 21.0 Å². The zero-order chi connectivity index (χ0) is 12.3. The minimum absolute atomic E-state index is 0.406. The number of nitrogens with zero attached hydrogens (tertiary/aromatic N) is 2. The van der Waals surface area contributed by atoms with Gasteiger partial charge in [0.25, 0.3) is 0 Å². The van der Waals surface area contributed by atoms with Gasteiger partial charge in [-0.1, -0.05) is 13.8 Å². The predicted octanol–water partition coefficient (Wildman–Crippen LogP) is 2.17. The Bertz CT molecular complexity index is 389. The van der Waals surface area contributed by atoms with E-state index in [1.807, 2.05) is 13.0 Å². The average Bonchev–Trinajstić information content (AvgIpc) is 2.14. The van der Waals surface area contributed by atoms with E-state index in [-0.39, 0.29) is 0 Å². The Balaban J connectivity index is 3.02. The van der Waals surface area contributed by atoms with Crippen molar-refractivity contribution in [2.24, 2.45) is 5.92 Å². The predicted molar refractivity (Wildman–Crippen MR) is 61.4 cm³/mol. The van der Waals surface area contributed by atoms with Crippen LogP contribution in [0.25, 0.3) is 0 Å². The Hall–Kier alpha value is -1.45. The van der Waals surface area contributed by atoms with Gasteiger partial charge in [0, 0.05) is 11.4 Å². The van der Waals surface area contributed by atoms with Crippen LogP contribution in [0.2, 0.25) is 0 Å². The maximum absolute atomic E-state index is 10.9. The van der Waals surface area contributed by atoms with Crippen LogP contribution in [0.3, 0.4) is 0 Å². The van der Waals surface area contributed by atoms with E-state index >= 15 is 0 Å². The van der Waals surface area contributed by atoms with Crippen molar-refractivity contribution in [2.75, 3.05) is 0 Å². The molecule has 1 N–H and O–H groups in total. The summed E-state index contributed by atoms with van der Waals surface area (Å²) >= 11 is 0. The molecule has 0 amide bonds. The first-order valence-corrected chi connectivity index (χ1v) is 5.47. The van der Waals surface area contributed by atoms with E-state index in [1.54, 1.807) is 6.92 Å². The van der Waals surface area contributed by atoms with Crippen LogP contribution in [0.15, 0.2) is 6.07 Å². The number of aromatic nitrogens is 2. The van der Waals surface area contributed by atoms with Gasteiger partial charge in [-0.25, -0.2) is 9.97 Å². The standard InChI is InChI=1S/C12H18N2O2/c1-7(2)5-10-6-8(3)13-11(14-10)9(4)12(15)16/h6-7,9H,5H2,1-4H3,(H,15,16). The molecule has 1 aromatic rings. The maximum Gasteiger partial charge on any atom is 0.313 e. The minimum atomic E-state index is -0.888. The molecule has 88 valence electrons. The second kappa shape index (κ2) is 5.05. The van der Waals surface area contributed by atoms with Gasteiger partial charge < -0.3 is 5.11 Å². The summed E-state index contributed by atoms with van der Waals surface area (Å²) in [6, 6.07) is 1.91. The van der Waals surface area contributed by atoms with E-state index in [0.717, 1.165) is 17.8 Å². The first kappa shape index (κ1) is 12.6. The molecule has 1 rings (SSSR count). The number of aryl methyl sites for hydroxylation is 1. The quantitative estimate of drug-likeness (QED) is 0.848. The fraction of sp³-hybridized carbons (Fsp3) is 0.583. The van der Waals surface area contributed by atoms with Crippen LogP contribution in [0.5, 0.6) is 0 Å². The Kier molecular flexibility index (Phi) is 3.99. The van der Waals surface area contributed by atoms with Crippen molar-refractivity contribution < 1.29 is 9.90 Å². The summed E-state index contributed by atoms with van der Waals surface area (Å²) in [5, 5.41) is 8.92. The highest BCUT2D eigenvalue weighted by Gasteiger charge is 2.17. The summed E-state index contributed by atoms with van der Waals surface area (Å²) in [6.45, 7) is 7.69. The summed E-state index contributed by atoms with van der Waals surface area (Å²) in [4.78, 5) is 19.3. The highest BCUT2D eigenvalue weighted by atomic mass is 16.4. The maximum atomic E-state index is 10.9. The summed E-state index contributed by atoms with van der Waals surface area (Å²) in [5.41, 5.74) is 1.75. The Morgan fingerprint density at radius 3 is 2.50 bits per heavy atom. The van der Waals surface area contributed by atoms with E-state index < -0.39 is 11.9 Å². The lowest BCUT2D eigenvalue weighted by Gasteiger charge is -2.10. The minimum Gasteiger partial charge on any atom is -0.481 e.